The second-order valence-corrected chi connectivity index (χ2v) is 8.58. The summed E-state index contributed by atoms with van der Waals surface area (Å²) in [5, 5.41) is 14.4. The fourth-order valence-electron chi connectivity index (χ4n) is 3.82. The second-order valence-electron chi connectivity index (χ2n) is 8.58. The fourth-order valence-corrected chi connectivity index (χ4v) is 3.82. The number of halogens is 1. The highest BCUT2D eigenvalue weighted by molar-refractivity contribution is 5.89. The molecule has 0 fully saturated rings. The monoisotopic (exact) mass is 477 g/mol. The summed E-state index contributed by atoms with van der Waals surface area (Å²) in [5.41, 5.74) is 1.60. The molecule has 182 valence electrons. The van der Waals surface area contributed by atoms with E-state index < -0.39 is 22.7 Å². The Morgan fingerprint density at radius 1 is 0.943 bits per heavy atom. The summed E-state index contributed by atoms with van der Waals surface area (Å²) in [5.74, 6) is -1.18. The maximum absolute atomic E-state index is 13.6. The number of nitrogens with one attached hydrogen (secondary N) is 1. The van der Waals surface area contributed by atoms with Crippen LogP contribution in [-0.4, -0.2) is 33.7 Å². The number of amides is 2. The SMILES string of the molecule is CC(C)NC(=O)[C@@H](Cc1ccccc1)N(Cc1ccc(F)cc1)C(=O)Cc1ccccc1[N+](=O)[O-]. The minimum atomic E-state index is -0.875. The lowest BCUT2D eigenvalue weighted by molar-refractivity contribution is -0.385. The van der Waals surface area contributed by atoms with Crippen molar-refractivity contribution in [1.29, 1.82) is 0 Å². The van der Waals surface area contributed by atoms with Gasteiger partial charge in [0, 0.05) is 30.6 Å². The average Bonchev–Trinajstić information content (AvgIpc) is 2.83. The normalized spacial score (nSPS) is 11.7. The van der Waals surface area contributed by atoms with Crippen molar-refractivity contribution in [2.45, 2.75) is 45.3 Å². The van der Waals surface area contributed by atoms with Gasteiger partial charge in [0.25, 0.3) is 5.69 Å². The fraction of sp³-hybridized carbons (Fsp3) is 0.259. The first-order chi connectivity index (χ1) is 16.7. The molecule has 0 radical (unpaired) electrons. The lowest BCUT2D eigenvalue weighted by Gasteiger charge is -2.32. The molecule has 0 heterocycles. The molecule has 0 saturated heterocycles. The highest BCUT2D eigenvalue weighted by atomic mass is 19.1. The van der Waals surface area contributed by atoms with Crippen LogP contribution in [0.4, 0.5) is 10.1 Å². The third-order valence-electron chi connectivity index (χ3n) is 5.50. The largest absolute Gasteiger partial charge is 0.352 e. The van der Waals surface area contributed by atoms with E-state index in [1.54, 1.807) is 18.2 Å². The Hall–Kier alpha value is -4.07. The van der Waals surface area contributed by atoms with Gasteiger partial charge in [-0.05, 0) is 37.1 Å². The van der Waals surface area contributed by atoms with Gasteiger partial charge in [0.1, 0.15) is 11.9 Å². The van der Waals surface area contributed by atoms with E-state index in [0.29, 0.717) is 5.56 Å². The number of nitro benzene ring substituents is 1. The second kappa shape index (κ2) is 11.9. The van der Waals surface area contributed by atoms with Crippen LogP contribution in [0.1, 0.15) is 30.5 Å². The Morgan fingerprint density at radius 2 is 1.57 bits per heavy atom. The molecule has 3 aromatic carbocycles. The number of benzene rings is 3. The third-order valence-corrected chi connectivity index (χ3v) is 5.50. The van der Waals surface area contributed by atoms with Crippen molar-refractivity contribution < 1.29 is 18.9 Å². The van der Waals surface area contributed by atoms with Gasteiger partial charge in [-0.3, -0.25) is 19.7 Å². The number of carbonyl (C=O) groups is 2. The zero-order valence-electron chi connectivity index (χ0n) is 19.7. The topological polar surface area (TPSA) is 92.6 Å². The van der Waals surface area contributed by atoms with E-state index >= 15 is 0 Å². The zero-order valence-corrected chi connectivity index (χ0v) is 19.7. The van der Waals surface area contributed by atoms with Crippen molar-refractivity contribution in [3.8, 4) is 0 Å². The van der Waals surface area contributed by atoms with Crippen LogP contribution >= 0.6 is 0 Å². The van der Waals surface area contributed by atoms with E-state index in [-0.39, 0.29) is 42.6 Å². The molecule has 0 aromatic heterocycles. The molecule has 8 heteroatoms. The van der Waals surface area contributed by atoms with Gasteiger partial charge in [0.05, 0.1) is 11.3 Å². The Morgan fingerprint density at radius 3 is 2.20 bits per heavy atom. The van der Waals surface area contributed by atoms with Crippen molar-refractivity contribution in [3.05, 3.63) is 111 Å². The standard InChI is InChI=1S/C27H28FN3O4/c1-19(2)29-27(33)25(16-20-8-4-3-5-9-20)30(18-21-12-14-23(28)15-13-21)26(32)17-22-10-6-7-11-24(22)31(34)35/h3-15,19,25H,16-18H2,1-2H3,(H,29,33)/t25-/m1/s1. The van der Waals surface area contributed by atoms with Gasteiger partial charge in [0.15, 0.2) is 0 Å². The van der Waals surface area contributed by atoms with Gasteiger partial charge in [-0.1, -0.05) is 60.7 Å². The minimum Gasteiger partial charge on any atom is -0.352 e. The molecule has 0 spiro atoms. The highest BCUT2D eigenvalue weighted by Gasteiger charge is 2.31. The minimum absolute atomic E-state index is 0.0444. The van der Waals surface area contributed by atoms with Crippen LogP contribution in [0.5, 0.6) is 0 Å². The van der Waals surface area contributed by atoms with Gasteiger partial charge in [-0.25, -0.2) is 4.39 Å². The van der Waals surface area contributed by atoms with Gasteiger partial charge in [-0.15, -0.1) is 0 Å². The van der Waals surface area contributed by atoms with Crippen LogP contribution < -0.4 is 5.32 Å². The summed E-state index contributed by atoms with van der Waals surface area (Å²) >= 11 is 0. The summed E-state index contributed by atoms with van der Waals surface area (Å²) in [7, 11) is 0. The van der Waals surface area contributed by atoms with Crippen LogP contribution in [0.15, 0.2) is 78.9 Å². The molecule has 0 aliphatic heterocycles. The van der Waals surface area contributed by atoms with Crippen molar-refractivity contribution >= 4 is 17.5 Å². The summed E-state index contributed by atoms with van der Waals surface area (Å²) in [4.78, 5) is 39.3. The van der Waals surface area contributed by atoms with Crippen LogP contribution in [0.3, 0.4) is 0 Å². The quantitative estimate of drug-likeness (QED) is 0.345. The van der Waals surface area contributed by atoms with Gasteiger partial charge < -0.3 is 10.2 Å². The highest BCUT2D eigenvalue weighted by Crippen LogP contribution is 2.22. The predicted octanol–water partition coefficient (Wildman–Crippen LogP) is 4.44. The predicted molar refractivity (Wildman–Crippen MR) is 131 cm³/mol. The van der Waals surface area contributed by atoms with Crippen LogP contribution in [0, 0.1) is 15.9 Å². The molecular formula is C27H28FN3O4. The Balaban J connectivity index is 2.00. The van der Waals surface area contributed by atoms with Gasteiger partial charge in [-0.2, -0.15) is 0 Å². The Labute approximate surface area is 203 Å². The first kappa shape index (κ1) is 25.6. The zero-order chi connectivity index (χ0) is 25.4. The summed E-state index contributed by atoms with van der Waals surface area (Å²) in [6.45, 7) is 3.71. The molecule has 0 saturated carbocycles. The number of nitro groups is 1. The third kappa shape index (κ3) is 7.20. The number of nitrogens with zero attached hydrogens (tertiary/aromatic N) is 2. The number of carbonyl (C=O) groups excluding carboxylic acids is 2. The van der Waals surface area contributed by atoms with Crippen molar-refractivity contribution in [1.82, 2.24) is 10.2 Å². The molecule has 7 nitrogen and oxygen atoms in total. The van der Waals surface area contributed by atoms with Crippen LogP contribution in [0.25, 0.3) is 0 Å². The number of hydrogen-bond acceptors (Lipinski definition) is 4. The number of rotatable bonds is 10. The average molecular weight is 478 g/mol. The molecule has 1 N–H and O–H groups in total. The lowest BCUT2D eigenvalue weighted by atomic mass is 10.0. The molecule has 1 atom stereocenters. The summed E-state index contributed by atoms with van der Waals surface area (Å²) in [6.07, 6.45) is 0.00179. The Kier molecular flexibility index (Phi) is 8.67. The van der Waals surface area contributed by atoms with Gasteiger partial charge in [0.2, 0.25) is 11.8 Å². The molecule has 0 aliphatic rings. The van der Waals surface area contributed by atoms with E-state index in [2.05, 4.69) is 5.32 Å². The summed E-state index contributed by atoms with van der Waals surface area (Å²) in [6, 6.07) is 20.0. The Bertz CT molecular complexity index is 1170. The van der Waals surface area contributed by atoms with Crippen molar-refractivity contribution in [3.63, 3.8) is 0 Å². The maximum Gasteiger partial charge on any atom is 0.273 e. The lowest BCUT2D eigenvalue weighted by Crippen LogP contribution is -2.52. The van der Waals surface area contributed by atoms with E-state index in [1.165, 1.54) is 35.2 Å². The van der Waals surface area contributed by atoms with E-state index in [0.717, 1.165) is 5.56 Å². The van der Waals surface area contributed by atoms with E-state index in [4.69, 9.17) is 0 Å². The smallest absolute Gasteiger partial charge is 0.273 e. The van der Waals surface area contributed by atoms with Crippen LogP contribution in [-0.2, 0) is 29.0 Å². The molecular weight excluding hydrogens is 449 g/mol. The first-order valence-electron chi connectivity index (χ1n) is 11.3. The number of hydrogen-bond donors (Lipinski definition) is 1. The molecule has 0 unspecified atom stereocenters. The van der Waals surface area contributed by atoms with Crippen LogP contribution in [0.2, 0.25) is 0 Å². The molecule has 3 aromatic rings. The van der Waals surface area contributed by atoms with Gasteiger partial charge >= 0.3 is 0 Å². The molecule has 0 aliphatic carbocycles. The van der Waals surface area contributed by atoms with Crippen molar-refractivity contribution in [2.24, 2.45) is 0 Å². The molecule has 35 heavy (non-hydrogen) atoms. The van der Waals surface area contributed by atoms with Crippen molar-refractivity contribution in [2.75, 3.05) is 0 Å². The molecule has 0 bridgehead atoms. The summed E-state index contributed by atoms with van der Waals surface area (Å²) < 4.78 is 13.5. The van der Waals surface area contributed by atoms with E-state index in [1.807, 2.05) is 44.2 Å². The van der Waals surface area contributed by atoms with E-state index in [9.17, 15) is 24.1 Å². The maximum atomic E-state index is 13.6. The number of para-hydroxylation sites is 1. The molecule has 2 amide bonds. The molecule has 3 rings (SSSR count). The first-order valence-corrected chi connectivity index (χ1v) is 11.3.